The number of aryl methyl sites for hydroxylation is 1. The van der Waals surface area contributed by atoms with Gasteiger partial charge in [0.15, 0.2) is 0 Å². The molecule has 1 N–H and O–H groups in total. The van der Waals surface area contributed by atoms with E-state index in [2.05, 4.69) is 15.3 Å². The van der Waals surface area contributed by atoms with Crippen LogP contribution in [0.5, 0.6) is 0 Å². The quantitative estimate of drug-likeness (QED) is 0.861. The third kappa shape index (κ3) is 1.94. The molecule has 1 amide bonds. The second kappa shape index (κ2) is 4.40. The van der Waals surface area contributed by atoms with Gasteiger partial charge in [-0.05, 0) is 19.1 Å². The summed E-state index contributed by atoms with van der Waals surface area (Å²) in [7, 11) is 1.61. The number of hydrogen-bond acceptors (Lipinski definition) is 4. The van der Waals surface area contributed by atoms with Crippen LogP contribution >= 0.6 is 11.3 Å². The van der Waals surface area contributed by atoms with E-state index in [1.54, 1.807) is 13.2 Å². The Morgan fingerprint density at radius 3 is 2.88 bits per heavy atom. The molecule has 82 valence electrons. The molecule has 0 unspecified atom stereocenters. The highest BCUT2D eigenvalue weighted by Crippen LogP contribution is 2.25. The number of aromatic nitrogens is 2. The van der Waals surface area contributed by atoms with Gasteiger partial charge in [-0.25, -0.2) is 4.98 Å². The molecular weight excluding hydrogens is 222 g/mol. The molecule has 0 aromatic carbocycles. The highest BCUT2D eigenvalue weighted by atomic mass is 32.1. The number of pyridine rings is 1. The molecule has 0 radical (unpaired) electrons. The summed E-state index contributed by atoms with van der Waals surface area (Å²) in [4.78, 5) is 20.7. The van der Waals surface area contributed by atoms with E-state index in [0.29, 0.717) is 4.88 Å². The van der Waals surface area contributed by atoms with Crippen molar-refractivity contribution in [3.05, 3.63) is 35.0 Å². The standard InChI is InChI=1S/C11H11N3OS/c1-7-9(10(15)12-2)16-11(14-7)8-5-3-4-6-13-8/h3-6H,1-2H3,(H,12,15). The third-order valence-electron chi connectivity index (χ3n) is 2.11. The van der Waals surface area contributed by atoms with Gasteiger partial charge in [-0.2, -0.15) is 0 Å². The first-order valence-corrected chi connectivity index (χ1v) is 5.65. The van der Waals surface area contributed by atoms with Crippen LogP contribution in [-0.4, -0.2) is 22.9 Å². The lowest BCUT2D eigenvalue weighted by Crippen LogP contribution is -2.17. The maximum absolute atomic E-state index is 11.5. The molecule has 0 fully saturated rings. The van der Waals surface area contributed by atoms with Gasteiger partial charge < -0.3 is 5.32 Å². The molecule has 2 aromatic heterocycles. The summed E-state index contributed by atoms with van der Waals surface area (Å²) in [6, 6.07) is 5.63. The van der Waals surface area contributed by atoms with E-state index >= 15 is 0 Å². The molecular formula is C11H11N3OS. The van der Waals surface area contributed by atoms with Crippen LogP contribution in [0.25, 0.3) is 10.7 Å². The van der Waals surface area contributed by atoms with Gasteiger partial charge in [0.1, 0.15) is 9.88 Å². The van der Waals surface area contributed by atoms with Crippen molar-refractivity contribution in [1.29, 1.82) is 0 Å². The maximum Gasteiger partial charge on any atom is 0.263 e. The van der Waals surface area contributed by atoms with Crippen molar-refractivity contribution in [2.24, 2.45) is 0 Å². The zero-order valence-corrected chi connectivity index (χ0v) is 9.84. The van der Waals surface area contributed by atoms with Gasteiger partial charge in [-0.1, -0.05) is 6.07 Å². The van der Waals surface area contributed by atoms with Crippen molar-refractivity contribution in [2.75, 3.05) is 7.05 Å². The van der Waals surface area contributed by atoms with Crippen LogP contribution in [0.1, 0.15) is 15.4 Å². The van der Waals surface area contributed by atoms with Gasteiger partial charge >= 0.3 is 0 Å². The molecule has 5 heteroatoms. The first kappa shape index (κ1) is 10.8. The normalized spacial score (nSPS) is 10.1. The number of thiazole rings is 1. The van der Waals surface area contributed by atoms with Crippen LogP contribution in [0.4, 0.5) is 0 Å². The molecule has 0 aliphatic rings. The SMILES string of the molecule is CNC(=O)c1sc(-c2ccccn2)nc1C. The first-order chi connectivity index (χ1) is 7.72. The molecule has 0 saturated heterocycles. The average Bonchev–Trinajstić information content (AvgIpc) is 2.71. The largest absolute Gasteiger partial charge is 0.354 e. The summed E-state index contributed by atoms with van der Waals surface area (Å²) in [5, 5.41) is 3.37. The fraction of sp³-hybridized carbons (Fsp3) is 0.182. The lowest BCUT2D eigenvalue weighted by atomic mass is 10.3. The first-order valence-electron chi connectivity index (χ1n) is 4.83. The average molecular weight is 233 g/mol. The van der Waals surface area contributed by atoms with E-state index in [1.165, 1.54) is 11.3 Å². The number of nitrogens with zero attached hydrogens (tertiary/aromatic N) is 2. The molecule has 0 saturated carbocycles. The number of carbonyl (C=O) groups is 1. The summed E-state index contributed by atoms with van der Waals surface area (Å²) in [6.45, 7) is 1.83. The lowest BCUT2D eigenvalue weighted by Gasteiger charge is -1.94. The van der Waals surface area contributed by atoms with Gasteiger partial charge in [-0.15, -0.1) is 11.3 Å². The van der Waals surface area contributed by atoms with Gasteiger partial charge in [-0.3, -0.25) is 9.78 Å². The number of hydrogen-bond donors (Lipinski definition) is 1. The van der Waals surface area contributed by atoms with E-state index in [4.69, 9.17) is 0 Å². The maximum atomic E-state index is 11.5. The lowest BCUT2D eigenvalue weighted by molar-refractivity contribution is 0.0966. The van der Waals surface area contributed by atoms with Gasteiger partial charge in [0.2, 0.25) is 0 Å². The zero-order valence-electron chi connectivity index (χ0n) is 9.02. The van der Waals surface area contributed by atoms with Crippen molar-refractivity contribution in [3.8, 4) is 10.7 Å². The Morgan fingerprint density at radius 2 is 2.25 bits per heavy atom. The predicted molar refractivity (Wildman–Crippen MR) is 63.5 cm³/mol. The van der Waals surface area contributed by atoms with Crippen LogP contribution in [0.3, 0.4) is 0 Å². The number of rotatable bonds is 2. The van der Waals surface area contributed by atoms with E-state index in [-0.39, 0.29) is 5.91 Å². The van der Waals surface area contributed by atoms with Crippen molar-refractivity contribution >= 4 is 17.2 Å². The van der Waals surface area contributed by atoms with Gasteiger partial charge in [0.05, 0.1) is 11.4 Å². The molecule has 0 atom stereocenters. The van der Waals surface area contributed by atoms with Crippen LogP contribution in [0.15, 0.2) is 24.4 Å². The molecule has 0 spiro atoms. The molecule has 2 rings (SSSR count). The van der Waals surface area contributed by atoms with Crippen LogP contribution in [0, 0.1) is 6.92 Å². The third-order valence-corrected chi connectivity index (χ3v) is 3.29. The van der Waals surface area contributed by atoms with E-state index in [0.717, 1.165) is 16.4 Å². The highest BCUT2D eigenvalue weighted by Gasteiger charge is 2.15. The Balaban J connectivity index is 2.42. The van der Waals surface area contributed by atoms with E-state index < -0.39 is 0 Å². The summed E-state index contributed by atoms with van der Waals surface area (Å²) in [5.74, 6) is -0.0998. The summed E-state index contributed by atoms with van der Waals surface area (Å²) in [6.07, 6.45) is 1.71. The Hall–Kier alpha value is -1.75. The minimum Gasteiger partial charge on any atom is -0.354 e. The number of carbonyl (C=O) groups excluding carboxylic acids is 1. The molecule has 0 bridgehead atoms. The molecule has 2 heterocycles. The highest BCUT2D eigenvalue weighted by molar-refractivity contribution is 7.17. The minimum absolute atomic E-state index is 0.0998. The Labute approximate surface area is 97.4 Å². The fourth-order valence-corrected chi connectivity index (χ4v) is 2.31. The fourth-order valence-electron chi connectivity index (χ4n) is 1.32. The molecule has 0 aliphatic carbocycles. The Morgan fingerprint density at radius 1 is 1.44 bits per heavy atom. The van der Waals surface area contributed by atoms with Crippen LogP contribution < -0.4 is 5.32 Å². The topological polar surface area (TPSA) is 54.9 Å². The number of amides is 1. The summed E-state index contributed by atoms with van der Waals surface area (Å²) < 4.78 is 0. The van der Waals surface area contributed by atoms with Crippen LogP contribution in [0.2, 0.25) is 0 Å². The second-order valence-corrected chi connectivity index (χ2v) is 4.23. The number of nitrogens with one attached hydrogen (secondary N) is 1. The Bertz CT molecular complexity index is 507. The van der Waals surface area contributed by atoms with Crippen molar-refractivity contribution in [1.82, 2.24) is 15.3 Å². The van der Waals surface area contributed by atoms with Crippen molar-refractivity contribution in [2.45, 2.75) is 6.92 Å². The van der Waals surface area contributed by atoms with Gasteiger partial charge in [0.25, 0.3) is 5.91 Å². The summed E-state index contributed by atoms with van der Waals surface area (Å²) >= 11 is 1.36. The molecule has 16 heavy (non-hydrogen) atoms. The van der Waals surface area contributed by atoms with Crippen molar-refractivity contribution < 1.29 is 4.79 Å². The smallest absolute Gasteiger partial charge is 0.263 e. The molecule has 4 nitrogen and oxygen atoms in total. The minimum atomic E-state index is -0.0998. The second-order valence-electron chi connectivity index (χ2n) is 3.23. The van der Waals surface area contributed by atoms with E-state index in [1.807, 2.05) is 25.1 Å². The Kier molecular flexibility index (Phi) is 2.96. The monoisotopic (exact) mass is 233 g/mol. The molecule has 2 aromatic rings. The van der Waals surface area contributed by atoms with Crippen molar-refractivity contribution in [3.63, 3.8) is 0 Å². The summed E-state index contributed by atoms with van der Waals surface area (Å²) in [5.41, 5.74) is 1.54. The van der Waals surface area contributed by atoms with Gasteiger partial charge in [0, 0.05) is 13.2 Å². The zero-order chi connectivity index (χ0) is 11.5. The predicted octanol–water partition coefficient (Wildman–Crippen LogP) is 1.87. The molecule has 0 aliphatic heterocycles. The van der Waals surface area contributed by atoms with E-state index in [9.17, 15) is 4.79 Å². The van der Waals surface area contributed by atoms with Crippen LogP contribution in [-0.2, 0) is 0 Å².